The van der Waals surface area contributed by atoms with Crippen molar-refractivity contribution >= 4 is 41.1 Å². The van der Waals surface area contributed by atoms with Crippen LogP contribution in [0, 0.1) is 0 Å². The summed E-state index contributed by atoms with van der Waals surface area (Å²) in [5.41, 5.74) is 0.399. The monoisotopic (exact) mass is 398 g/mol. The van der Waals surface area contributed by atoms with Gasteiger partial charge in [-0.15, -0.1) is 0 Å². The number of thioether (sulfide) groups is 1. The van der Waals surface area contributed by atoms with E-state index in [2.05, 4.69) is 10.6 Å². The van der Waals surface area contributed by atoms with Gasteiger partial charge in [0, 0.05) is 16.6 Å². The molecule has 26 heavy (non-hydrogen) atoms. The molecule has 2 rings (SSSR count). The summed E-state index contributed by atoms with van der Waals surface area (Å²) in [7, 11) is 0. The summed E-state index contributed by atoms with van der Waals surface area (Å²) >= 11 is 7.38. The van der Waals surface area contributed by atoms with Crippen LogP contribution in [-0.2, 0) is 14.3 Å². The van der Waals surface area contributed by atoms with Gasteiger partial charge in [-0.25, -0.2) is 4.79 Å². The first-order valence-electron chi connectivity index (χ1n) is 8.47. The standard InChI is InChI=1S/C18H23ClN2O4S/c1-11(16(22)20-14-7-8-14)25-18(24)15(9-10-26-2)21-17(23)12-3-5-13(19)6-4-12/h3-6,11,14-15H,7-10H2,1-2H3,(H,20,22)(H,21,23)/t11-,15-/m1/s1. The fraction of sp³-hybridized carbons (Fsp3) is 0.500. The Bertz CT molecular complexity index is 649. The van der Waals surface area contributed by atoms with Crippen molar-refractivity contribution in [3.63, 3.8) is 0 Å². The summed E-state index contributed by atoms with van der Waals surface area (Å²) in [5, 5.41) is 6.00. The molecule has 0 spiro atoms. The number of rotatable bonds is 9. The van der Waals surface area contributed by atoms with E-state index >= 15 is 0 Å². The zero-order chi connectivity index (χ0) is 19.1. The van der Waals surface area contributed by atoms with Gasteiger partial charge < -0.3 is 15.4 Å². The zero-order valence-corrected chi connectivity index (χ0v) is 16.4. The molecule has 142 valence electrons. The third kappa shape index (κ3) is 6.53. The molecule has 8 heteroatoms. The molecule has 1 aliphatic rings. The minimum absolute atomic E-state index is 0.195. The van der Waals surface area contributed by atoms with Gasteiger partial charge in [-0.3, -0.25) is 9.59 Å². The van der Waals surface area contributed by atoms with E-state index in [1.54, 1.807) is 36.0 Å². The molecule has 0 unspecified atom stereocenters. The maximum Gasteiger partial charge on any atom is 0.329 e. The first kappa shape index (κ1) is 20.6. The smallest absolute Gasteiger partial charge is 0.329 e. The number of esters is 1. The van der Waals surface area contributed by atoms with Crippen LogP contribution in [0.1, 0.15) is 36.5 Å². The molecular formula is C18H23ClN2O4S. The lowest BCUT2D eigenvalue weighted by Crippen LogP contribution is -2.45. The summed E-state index contributed by atoms with van der Waals surface area (Å²) in [6.45, 7) is 1.53. The lowest BCUT2D eigenvalue weighted by atomic mass is 10.1. The normalized spacial score (nSPS) is 15.7. The Labute approximate surface area is 162 Å². The van der Waals surface area contributed by atoms with E-state index < -0.39 is 18.1 Å². The molecule has 0 aliphatic heterocycles. The van der Waals surface area contributed by atoms with E-state index in [-0.39, 0.29) is 17.9 Å². The lowest BCUT2D eigenvalue weighted by molar-refractivity contribution is -0.156. The van der Waals surface area contributed by atoms with Gasteiger partial charge in [0.05, 0.1) is 0 Å². The van der Waals surface area contributed by atoms with Gasteiger partial charge in [-0.05, 0) is 62.5 Å². The van der Waals surface area contributed by atoms with Crippen LogP contribution in [-0.4, -0.2) is 48.0 Å². The molecule has 1 saturated carbocycles. The first-order chi connectivity index (χ1) is 12.4. The highest BCUT2D eigenvalue weighted by molar-refractivity contribution is 7.98. The van der Waals surface area contributed by atoms with Crippen LogP contribution in [0.5, 0.6) is 0 Å². The Morgan fingerprint density at radius 3 is 2.50 bits per heavy atom. The highest BCUT2D eigenvalue weighted by Crippen LogP contribution is 2.19. The number of hydrogen-bond donors (Lipinski definition) is 2. The molecule has 0 bridgehead atoms. The van der Waals surface area contributed by atoms with Crippen molar-refractivity contribution in [1.82, 2.24) is 10.6 Å². The Kier molecular flexibility index (Phi) is 7.78. The van der Waals surface area contributed by atoms with Gasteiger partial charge in [0.1, 0.15) is 6.04 Å². The maximum absolute atomic E-state index is 12.4. The van der Waals surface area contributed by atoms with Crippen molar-refractivity contribution in [3.8, 4) is 0 Å². The van der Waals surface area contributed by atoms with E-state index in [4.69, 9.17) is 16.3 Å². The highest BCUT2D eigenvalue weighted by atomic mass is 35.5. The third-order valence-corrected chi connectivity index (χ3v) is 4.79. The van der Waals surface area contributed by atoms with Crippen molar-refractivity contribution in [2.45, 2.75) is 44.4 Å². The average molecular weight is 399 g/mol. The fourth-order valence-corrected chi connectivity index (χ4v) is 2.78. The zero-order valence-electron chi connectivity index (χ0n) is 14.8. The Hall–Kier alpha value is -1.73. The van der Waals surface area contributed by atoms with Crippen LogP contribution >= 0.6 is 23.4 Å². The van der Waals surface area contributed by atoms with Crippen LogP contribution in [0.2, 0.25) is 5.02 Å². The summed E-state index contributed by atoms with van der Waals surface area (Å²) < 4.78 is 5.26. The summed E-state index contributed by atoms with van der Waals surface area (Å²) in [4.78, 5) is 36.7. The Morgan fingerprint density at radius 1 is 1.27 bits per heavy atom. The highest BCUT2D eigenvalue weighted by Gasteiger charge is 2.29. The van der Waals surface area contributed by atoms with Gasteiger partial charge in [0.15, 0.2) is 6.10 Å². The number of nitrogens with one attached hydrogen (secondary N) is 2. The van der Waals surface area contributed by atoms with Gasteiger partial charge in [0.2, 0.25) is 0 Å². The van der Waals surface area contributed by atoms with Crippen molar-refractivity contribution in [1.29, 1.82) is 0 Å². The molecule has 1 aliphatic carbocycles. The molecule has 0 radical (unpaired) electrons. The predicted octanol–water partition coefficient (Wildman–Crippen LogP) is 2.40. The molecule has 0 saturated heterocycles. The Balaban J connectivity index is 1.95. The minimum atomic E-state index is -0.896. The SMILES string of the molecule is CSCC[C@@H](NC(=O)c1ccc(Cl)cc1)C(=O)O[C@H](C)C(=O)NC1CC1. The molecule has 6 nitrogen and oxygen atoms in total. The predicted molar refractivity (Wildman–Crippen MR) is 102 cm³/mol. The summed E-state index contributed by atoms with van der Waals surface area (Å²) in [5.74, 6) is -0.642. The summed E-state index contributed by atoms with van der Waals surface area (Å²) in [6.07, 6.45) is 3.35. The van der Waals surface area contributed by atoms with E-state index in [9.17, 15) is 14.4 Å². The minimum Gasteiger partial charge on any atom is -0.451 e. The number of carbonyl (C=O) groups is 3. The second-order valence-electron chi connectivity index (χ2n) is 6.18. The van der Waals surface area contributed by atoms with Crippen molar-refractivity contribution < 1.29 is 19.1 Å². The largest absolute Gasteiger partial charge is 0.451 e. The molecule has 0 aromatic heterocycles. The fourth-order valence-electron chi connectivity index (χ4n) is 2.18. The summed E-state index contributed by atoms with van der Waals surface area (Å²) in [6, 6.07) is 5.76. The second-order valence-corrected chi connectivity index (χ2v) is 7.60. The van der Waals surface area contributed by atoms with E-state index in [1.807, 2.05) is 6.26 Å². The number of hydrogen-bond acceptors (Lipinski definition) is 5. The third-order valence-electron chi connectivity index (χ3n) is 3.89. The molecule has 2 amide bonds. The van der Waals surface area contributed by atoms with Gasteiger partial charge in [-0.2, -0.15) is 11.8 Å². The molecule has 1 aromatic rings. The lowest BCUT2D eigenvalue weighted by Gasteiger charge is -2.20. The number of ether oxygens (including phenoxy) is 1. The van der Waals surface area contributed by atoms with E-state index in [0.29, 0.717) is 22.8 Å². The molecule has 1 fully saturated rings. The Morgan fingerprint density at radius 2 is 1.92 bits per heavy atom. The van der Waals surface area contributed by atoms with Gasteiger partial charge >= 0.3 is 5.97 Å². The number of halogens is 1. The number of benzene rings is 1. The molecule has 0 heterocycles. The van der Waals surface area contributed by atoms with Crippen LogP contribution in [0.3, 0.4) is 0 Å². The molecule has 2 atom stereocenters. The number of amides is 2. The van der Waals surface area contributed by atoms with Crippen molar-refractivity contribution in [3.05, 3.63) is 34.9 Å². The van der Waals surface area contributed by atoms with Crippen LogP contribution < -0.4 is 10.6 Å². The van der Waals surface area contributed by atoms with Crippen molar-refractivity contribution in [2.24, 2.45) is 0 Å². The topological polar surface area (TPSA) is 84.5 Å². The van der Waals surface area contributed by atoms with E-state index in [0.717, 1.165) is 12.8 Å². The van der Waals surface area contributed by atoms with Crippen LogP contribution in [0.15, 0.2) is 24.3 Å². The first-order valence-corrected chi connectivity index (χ1v) is 10.2. The average Bonchev–Trinajstić information content (AvgIpc) is 3.42. The van der Waals surface area contributed by atoms with Gasteiger partial charge in [-0.1, -0.05) is 11.6 Å². The van der Waals surface area contributed by atoms with Crippen molar-refractivity contribution in [2.75, 3.05) is 12.0 Å². The quantitative estimate of drug-likeness (QED) is 0.624. The number of carbonyl (C=O) groups excluding carboxylic acids is 3. The molecule has 1 aromatic carbocycles. The van der Waals surface area contributed by atoms with Crippen LogP contribution in [0.25, 0.3) is 0 Å². The second kappa shape index (κ2) is 9.83. The molecular weight excluding hydrogens is 376 g/mol. The molecule has 2 N–H and O–H groups in total. The van der Waals surface area contributed by atoms with Crippen LogP contribution in [0.4, 0.5) is 0 Å². The van der Waals surface area contributed by atoms with E-state index in [1.165, 1.54) is 6.92 Å². The van der Waals surface area contributed by atoms with Gasteiger partial charge in [0.25, 0.3) is 11.8 Å². The maximum atomic E-state index is 12.4.